The Kier molecular flexibility index (Phi) is 4.75. The number of aryl methyl sites for hydroxylation is 1. The van der Waals surface area contributed by atoms with E-state index in [1.807, 2.05) is 6.92 Å². The number of piperidine rings is 1. The summed E-state index contributed by atoms with van der Waals surface area (Å²) in [5.41, 5.74) is 0.956. The molecule has 0 amide bonds. The molecule has 1 aliphatic rings. The third kappa shape index (κ3) is 4.46. The largest absolute Gasteiger partial charge is 0.365 e. The maximum absolute atomic E-state index is 4.44. The molecule has 1 N–H and O–H groups in total. The second-order valence-corrected chi connectivity index (χ2v) is 6.26. The molecule has 1 saturated heterocycles. The molecule has 0 saturated carbocycles. The molecule has 1 aliphatic heterocycles. The van der Waals surface area contributed by atoms with Crippen LogP contribution in [-0.4, -0.2) is 40.5 Å². The van der Waals surface area contributed by atoms with Gasteiger partial charge in [0.05, 0.1) is 11.9 Å². The molecule has 0 radical (unpaired) electrons. The molecule has 1 aromatic rings. The Balaban J connectivity index is 1.85. The van der Waals surface area contributed by atoms with Crippen LogP contribution >= 0.6 is 0 Å². The summed E-state index contributed by atoms with van der Waals surface area (Å²) in [6.45, 7) is 12.4. The van der Waals surface area contributed by atoms with Gasteiger partial charge >= 0.3 is 0 Å². The average molecular weight is 262 g/mol. The highest BCUT2D eigenvalue weighted by atomic mass is 15.2. The van der Waals surface area contributed by atoms with Gasteiger partial charge in [-0.2, -0.15) is 0 Å². The van der Waals surface area contributed by atoms with Gasteiger partial charge in [0.25, 0.3) is 0 Å². The quantitative estimate of drug-likeness (QED) is 0.905. The van der Waals surface area contributed by atoms with Crippen LogP contribution in [0.1, 0.15) is 32.9 Å². The summed E-state index contributed by atoms with van der Waals surface area (Å²) < 4.78 is 0. The van der Waals surface area contributed by atoms with Crippen LogP contribution in [-0.2, 0) is 0 Å². The molecule has 1 fully saturated rings. The van der Waals surface area contributed by atoms with Crippen molar-refractivity contribution in [2.75, 3.05) is 25.0 Å². The topological polar surface area (TPSA) is 41.1 Å². The van der Waals surface area contributed by atoms with Gasteiger partial charge in [0.15, 0.2) is 0 Å². The molecule has 3 atom stereocenters. The molecule has 3 unspecified atom stereocenters. The number of rotatable bonds is 4. The van der Waals surface area contributed by atoms with Crippen molar-refractivity contribution in [3.63, 3.8) is 0 Å². The molecule has 0 bridgehead atoms. The molecule has 4 nitrogen and oxygen atoms in total. The summed E-state index contributed by atoms with van der Waals surface area (Å²) in [6, 6.07) is 0.397. The van der Waals surface area contributed by atoms with Gasteiger partial charge in [-0.3, -0.25) is 4.98 Å². The van der Waals surface area contributed by atoms with E-state index in [1.165, 1.54) is 19.5 Å². The minimum absolute atomic E-state index is 0.397. The maximum atomic E-state index is 4.44. The Bertz CT molecular complexity index is 397. The fourth-order valence-electron chi connectivity index (χ4n) is 3.16. The first-order valence-corrected chi connectivity index (χ1v) is 7.30. The Morgan fingerprint density at radius 1 is 1.32 bits per heavy atom. The molecule has 106 valence electrons. The number of nitrogens with one attached hydrogen (secondary N) is 1. The Morgan fingerprint density at radius 3 is 2.63 bits per heavy atom. The summed E-state index contributed by atoms with van der Waals surface area (Å²) >= 11 is 0. The number of hydrogen-bond donors (Lipinski definition) is 1. The predicted octanol–water partition coefficient (Wildman–Crippen LogP) is 2.56. The highest BCUT2D eigenvalue weighted by molar-refractivity contribution is 5.32. The molecule has 0 aliphatic carbocycles. The molecule has 0 aromatic carbocycles. The smallest absolute Gasteiger partial charge is 0.145 e. The standard InChI is InChI=1S/C15H26N4/c1-11-5-12(2)9-19(8-11)10-14(4)18-15-7-16-6-13(3)17-15/h6-7,11-12,14H,5,8-10H2,1-4H3,(H,17,18). The van der Waals surface area contributed by atoms with Crippen LogP contribution in [0, 0.1) is 18.8 Å². The molecule has 1 aromatic heterocycles. The lowest BCUT2D eigenvalue weighted by Gasteiger charge is -2.36. The van der Waals surface area contributed by atoms with Crippen molar-refractivity contribution in [2.24, 2.45) is 11.8 Å². The van der Waals surface area contributed by atoms with Crippen molar-refractivity contribution in [3.8, 4) is 0 Å². The van der Waals surface area contributed by atoms with E-state index in [0.717, 1.165) is 29.9 Å². The zero-order chi connectivity index (χ0) is 13.8. The van der Waals surface area contributed by atoms with Gasteiger partial charge in [-0.1, -0.05) is 13.8 Å². The first kappa shape index (κ1) is 14.3. The Labute approximate surface area is 116 Å². The van der Waals surface area contributed by atoms with Crippen LogP contribution in [0.3, 0.4) is 0 Å². The third-order valence-electron chi connectivity index (χ3n) is 3.63. The molecule has 2 rings (SSSR count). The first-order chi connectivity index (χ1) is 9.02. The highest BCUT2D eigenvalue weighted by Crippen LogP contribution is 2.21. The number of anilines is 1. The van der Waals surface area contributed by atoms with Crippen molar-refractivity contribution in [3.05, 3.63) is 18.1 Å². The molecule has 0 spiro atoms. The number of aromatic nitrogens is 2. The van der Waals surface area contributed by atoms with Gasteiger partial charge in [-0.15, -0.1) is 0 Å². The van der Waals surface area contributed by atoms with E-state index in [-0.39, 0.29) is 0 Å². The number of likely N-dealkylation sites (tertiary alicyclic amines) is 1. The van der Waals surface area contributed by atoms with E-state index in [9.17, 15) is 0 Å². The molecular weight excluding hydrogens is 236 g/mol. The number of nitrogens with zero attached hydrogens (tertiary/aromatic N) is 3. The van der Waals surface area contributed by atoms with Crippen molar-refractivity contribution in [1.29, 1.82) is 0 Å². The van der Waals surface area contributed by atoms with Crippen LogP contribution in [0.2, 0.25) is 0 Å². The second-order valence-electron chi connectivity index (χ2n) is 6.26. The van der Waals surface area contributed by atoms with Gasteiger partial charge in [0.2, 0.25) is 0 Å². The average Bonchev–Trinajstić information content (AvgIpc) is 2.26. The Morgan fingerprint density at radius 2 is 2.00 bits per heavy atom. The van der Waals surface area contributed by atoms with E-state index in [1.54, 1.807) is 12.4 Å². The van der Waals surface area contributed by atoms with Gasteiger partial charge in [-0.25, -0.2) is 4.98 Å². The summed E-state index contributed by atoms with van der Waals surface area (Å²) in [5, 5.41) is 3.44. The summed E-state index contributed by atoms with van der Waals surface area (Å²) in [7, 11) is 0. The lowest BCUT2D eigenvalue weighted by atomic mass is 9.92. The fraction of sp³-hybridized carbons (Fsp3) is 0.733. The van der Waals surface area contributed by atoms with Crippen molar-refractivity contribution in [1.82, 2.24) is 14.9 Å². The molecule has 19 heavy (non-hydrogen) atoms. The predicted molar refractivity (Wildman–Crippen MR) is 79.2 cm³/mol. The monoisotopic (exact) mass is 262 g/mol. The zero-order valence-corrected chi connectivity index (χ0v) is 12.6. The maximum Gasteiger partial charge on any atom is 0.145 e. The van der Waals surface area contributed by atoms with Crippen LogP contribution in [0.25, 0.3) is 0 Å². The van der Waals surface area contributed by atoms with Crippen LogP contribution in [0.5, 0.6) is 0 Å². The third-order valence-corrected chi connectivity index (χ3v) is 3.63. The first-order valence-electron chi connectivity index (χ1n) is 7.30. The minimum Gasteiger partial charge on any atom is -0.365 e. The van der Waals surface area contributed by atoms with E-state index in [4.69, 9.17) is 0 Å². The summed E-state index contributed by atoms with van der Waals surface area (Å²) in [4.78, 5) is 11.2. The Hall–Kier alpha value is -1.16. The van der Waals surface area contributed by atoms with Crippen LogP contribution < -0.4 is 5.32 Å². The van der Waals surface area contributed by atoms with Crippen LogP contribution in [0.4, 0.5) is 5.82 Å². The van der Waals surface area contributed by atoms with Gasteiger partial charge in [-0.05, 0) is 32.1 Å². The molecule has 2 heterocycles. The number of hydrogen-bond acceptors (Lipinski definition) is 4. The fourth-order valence-corrected chi connectivity index (χ4v) is 3.16. The van der Waals surface area contributed by atoms with Crippen molar-refractivity contribution < 1.29 is 0 Å². The zero-order valence-electron chi connectivity index (χ0n) is 12.6. The highest BCUT2D eigenvalue weighted by Gasteiger charge is 2.22. The lowest BCUT2D eigenvalue weighted by molar-refractivity contribution is 0.138. The second kappa shape index (κ2) is 6.33. The minimum atomic E-state index is 0.397. The summed E-state index contributed by atoms with van der Waals surface area (Å²) in [6.07, 6.45) is 4.94. The van der Waals surface area contributed by atoms with Crippen molar-refractivity contribution in [2.45, 2.75) is 40.2 Å². The molecular formula is C15H26N4. The van der Waals surface area contributed by atoms with Gasteiger partial charge in [0, 0.05) is 31.9 Å². The summed E-state index contributed by atoms with van der Waals surface area (Å²) in [5.74, 6) is 2.51. The van der Waals surface area contributed by atoms with E-state index in [0.29, 0.717) is 6.04 Å². The van der Waals surface area contributed by atoms with Gasteiger partial charge in [0.1, 0.15) is 5.82 Å². The van der Waals surface area contributed by atoms with E-state index in [2.05, 4.69) is 41.0 Å². The van der Waals surface area contributed by atoms with Gasteiger partial charge < -0.3 is 10.2 Å². The molecule has 4 heteroatoms. The van der Waals surface area contributed by atoms with E-state index >= 15 is 0 Å². The van der Waals surface area contributed by atoms with Crippen molar-refractivity contribution >= 4 is 5.82 Å². The SMILES string of the molecule is Cc1cncc(NC(C)CN2CC(C)CC(C)C2)n1. The van der Waals surface area contributed by atoms with Crippen LogP contribution in [0.15, 0.2) is 12.4 Å². The normalized spacial score (nSPS) is 26.1. The lowest BCUT2D eigenvalue weighted by Crippen LogP contribution is -2.43. The van der Waals surface area contributed by atoms with E-state index < -0.39 is 0 Å².